The van der Waals surface area contributed by atoms with Gasteiger partial charge in [-0.1, -0.05) is 42.8 Å². The topological polar surface area (TPSA) is 102 Å². The molecule has 0 radical (unpaired) electrons. The second-order valence-corrected chi connectivity index (χ2v) is 12.5. The van der Waals surface area contributed by atoms with Gasteiger partial charge < -0.3 is 9.94 Å². The van der Waals surface area contributed by atoms with Gasteiger partial charge in [-0.15, -0.1) is 0 Å². The zero-order chi connectivity index (χ0) is 25.3. The normalized spacial score (nSPS) is 43.4. The quantitative estimate of drug-likeness (QED) is 0.255. The van der Waals surface area contributed by atoms with Crippen molar-refractivity contribution in [3.05, 3.63) is 51.6 Å². The molecule has 0 amide bonds. The Morgan fingerprint density at radius 1 is 1.14 bits per heavy atom. The SMILES string of the molecule is C[C@]12CC[C@H]3[C@@H](CC=C4C[C@@H](O)CC[C@@]43C)[C@@H]1CC[C@@H]2C1(C=O)CC(c2ccccc2[N+](=O)[O-])=NO1. The van der Waals surface area contributed by atoms with Gasteiger partial charge in [0.15, 0.2) is 6.29 Å². The van der Waals surface area contributed by atoms with E-state index in [4.69, 9.17) is 4.84 Å². The minimum absolute atomic E-state index is 0.00629. The molecule has 1 N–H and O–H groups in total. The van der Waals surface area contributed by atoms with Gasteiger partial charge in [0.2, 0.25) is 5.60 Å². The number of hydrogen-bond acceptors (Lipinski definition) is 6. The van der Waals surface area contributed by atoms with Gasteiger partial charge in [-0.05, 0) is 86.0 Å². The molecule has 7 heteroatoms. The molecule has 192 valence electrons. The Morgan fingerprint density at radius 2 is 1.94 bits per heavy atom. The van der Waals surface area contributed by atoms with Crippen LogP contribution in [0, 0.1) is 44.6 Å². The van der Waals surface area contributed by atoms with Gasteiger partial charge in [0.05, 0.1) is 22.3 Å². The van der Waals surface area contributed by atoms with Crippen LogP contribution in [0.15, 0.2) is 41.1 Å². The van der Waals surface area contributed by atoms with E-state index >= 15 is 0 Å². The molecule has 1 aromatic rings. The zero-order valence-electron chi connectivity index (χ0n) is 21.2. The number of carbonyl (C=O) groups is 1. The summed E-state index contributed by atoms with van der Waals surface area (Å²) in [5.41, 5.74) is 1.46. The van der Waals surface area contributed by atoms with Crippen molar-refractivity contribution >= 4 is 17.7 Å². The fraction of sp³-hybridized carbons (Fsp3) is 0.655. The summed E-state index contributed by atoms with van der Waals surface area (Å²) in [5, 5.41) is 26.2. The van der Waals surface area contributed by atoms with E-state index < -0.39 is 10.5 Å². The minimum Gasteiger partial charge on any atom is -0.393 e. The summed E-state index contributed by atoms with van der Waals surface area (Å²) in [7, 11) is 0. The average molecular weight is 493 g/mol. The third-order valence-electron chi connectivity index (χ3n) is 11.0. The molecule has 3 fully saturated rings. The Hall–Kier alpha value is -2.54. The Labute approximate surface area is 212 Å². The van der Waals surface area contributed by atoms with E-state index in [1.54, 1.807) is 18.2 Å². The number of nitro benzene ring substituents is 1. The number of aliphatic hydroxyl groups excluding tert-OH is 1. The van der Waals surface area contributed by atoms with E-state index in [1.165, 1.54) is 11.6 Å². The van der Waals surface area contributed by atoms with Crippen LogP contribution in [0.3, 0.4) is 0 Å². The van der Waals surface area contributed by atoms with E-state index in [0.717, 1.165) is 57.7 Å². The van der Waals surface area contributed by atoms with Crippen molar-refractivity contribution in [1.29, 1.82) is 0 Å². The molecule has 7 nitrogen and oxygen atoms in total. The maximum Gasteiger partial charge on any atom is 0.278 e. The Kier molecular flexibility index (Phi) is 5.45. The Morgan fingerprint density at radius 3 is 2.72 bits per heavy atom. The number of hydrogen-bond donors (Lipinski definition) is 1. The third-order valence-corrected chi connectivity index (χ3v) is 11.0. The molecule has 1 heterocycles. The summed E-state index contributed by atoms with van der Waals surface area (Å²) < 4.78 is 0. The second-order valence-electron chi connectivity index (χ2n) is 12.5. The highest BCUT2D eigenvalue weighted by Crippen LogP contribution is 2.68. The van der Waals surface area contributed by atoms with Crippen LogP contribution < -0.4 is 0 Å². The number of allylic oxidation sites excluding steroid dienone is 1. The molecular weight excluding hydrogens is 456 g/mol. The van der Waals surface area contributed by atoms with Crippen LogP contribution >= 0.6 is 0 Å². The Balaban J connectivity index is 1.28. The van der Waals surface area contributed by atoms with Gasteiger partial charge in [-0.25, -0.2) is 0 Å². The van der Waals surface area contributed by atoms with E-state index in [-0.39, 0.29) is 35.0 Å². The highest BCUT2D eigenvalue weighted by atomic mass is 16.7. The summed E-state index contributed by atoms with van der Waals surface area (Å²) in [6.45, 7) is 4.78. The first-order valence-electron chi connectivity index (χ1n) is 13.5. The fourth-order valence-corrected chi connectivity index (χ4v) is 9.26. The lowest BCUT2D eigenvalue weighted by Crippen LogP contribution is -2.54. The number of benzene rings is 1. The minimum atomic E-state index is -1.07. The zero-order valence-corrected chi connectivity index (χ0v) is 21.2. The molecule has 1 unspecified atom stereocenters. The van der Waals surface area contributed by atoms with Crippen molar-refractivity contribution in [3.8, 4) is 0 Å². The number of aliphatic hydroxyl groups is 1. The van der Waals surface area contributed by atoms with Crippen LogP contribution in [0.25, 0.3) is 0 Å². The van der Waals surface area contributed by atoms with Crippen molar-refractivity contribution in [3.63, 3.8) is 0 Å². The number of oxime groups is 1. The standard InChI is InChI=1S/C29H36N2O5/c1-27-13-11-19(33)15-18(27)7-8-20-22-9-10-26(28(22,2)14-12-23(20)27)29(17-32)16-24(30-36-29)21-5-3-4-6-25(21)31(34)35/h3-7,17,19-20,22-23,26,33H,8-16H2,1-2H3/t19-,20-,22-,23-,26-,27-,28-,29?/m0/s1. The van der Waals surface area contributed by atoms with Gasteiger partial charge in [-0.3, -0.25) is 14.9 Å². The lowest BCUT2D eigenvalue weighted by Gasteiger charge is -2.58. The predicted octanol–water partition coefficient (Wildman–Crippen LogP) is 5.60. The van der Waals surface area contributed by atoms with Crippen LogP contribution in [0.5, 0.6) is 0 Å². The highest BCUT2D eigenvalue weighted by Gasteiger charge is 2.64. The molecule has 8 atom stereocenters. The van der Waals surface area contributed by atoms with Crippen molar-refractivity contribution in [2.75, 3.05) is 0 Å². The summed E-state index contributed by atoms with van der Waals surface area (Å²) in [5.74, 6) is 1.75. The molecule has 36 heavy (non-hydrogen) atoms. The maximum absolute atomic E-state index is 12.7. The summed E-state index contributed by atoms with van der Waals surface area (Å²) in [6, 6.07) is 6.57. The van der Waals surface area contributed by atoms with Crippen LogP contribution in [-0.2, 0) is 9.63 Å². The lowest BCUT2D eigenvalue weighted by molar-refractivity contribution is -0.385. The highest BCUT2D eigenvalue weighted by molar-refractivity contribution is 6.06. The van der Waals surface area contributed by atoms with Crippen LogP contribution in [0.1, 0.15) is 77.2 Å². The summed E-state index contributed by atoms with van der Waals surface area (Å²) in [6.07, 6.45) is 11.4. The molecule has 3 saturated carbocycles. The predicted molar refractivity (Wildman–Crippen MR) is 135 cm³/mol. The lowest BCUT2D eigenvalue weighted by atomic mass is 9.46. The molecule has 0 spiro atoms. The van der Waals surface area contributed by atoms with Gasteiger partial charge in [0.1, 0.15) is 0 Å². The molecule has 1 aromatic carbocycles. The number of para-hydroxylation sites is 1. The summed E-state index contributed by atoms with van der Waals surface area (Å²) >= 11 is 0. The van der Waals surface area contributed by atoms with Crippen molar-refractivity contribution < 1.29 is 19.7 Å². The number of rotatable bonds is 4. The maximum atomic E-state index is 12.7. The number of fused-ring (bicyclic) bond motifs is 5. The van der Waals surface area contributed by atoms with E-state index in [2.05, 4.69) is 25.1 Å². The van der Waals surface area contributed by atoms with Crippen LogP contribution in [0.4, 0.5) is 5.69 Å². The van der Waals surface area contributed by atoms with Crippen molar-refractivity contribution in [2.24, 2.45) is 39.7 Å². The largest absolute Gasteiger partial charge is 0.393 e. The molecule has 4 aliphatic carbocycles. The van der Waals surface area contributed by atoms with Crippen LogP contribution in [0.2, 0.25) is 0 Å². The second kappa shape index (κ2) is 8.23. The molecule has 1 aliphatic heterocycles. The van der Waals surface area contributed by atoms with Crippen molar-refractivity contribution in [2.45, 2.75) is 83.3 Å². The monoisotopic (exact) mass is 492 g/mol. The number of nitro groups is 1. The van der Waals surface area contributed by atoms with E-state index in [1.807, 2.05) is 0 Å². The van der Waals surface area contributed by atoms with Gasteiger partial charge in [0, 0.05) is 18.4 Å². The van der Waals surface area contributed by atoms with Gasteiger partial charge >= 0.3 is 0 Å². The third kappa shape index (κ3) is 3.27. The van der Waals surface area contributed by atoms with Gasteiger partial charge in [-0.2, -0.15) is 0 Å². The number of aldehydes is 1. The molecule has 0 saturated heterocycles. The molecular formula is C29H36N2O5. The Bertz CT molecular complexity index is 1160. The first-order valence-corrected chi connectivity index (χ1v) is 13.5. The fourth-order valence-electron chi connectivity index (χ4n) is 9.26. The summed E-state index contributed by atoms with van der Waals surface area (Å²) in [4.78, 5) is 29.9. The molecule has 5 aliphatic rings. The van der Waals surface area contributed by atoms with E-state index in [0.29, 0.717) is 29.0 Å². The smallest absolute Gasteiger partial charge is 0.278 e. The number of nitrogens with zero attached hydrogens (tertiary/aromatic N) is 2. The number of carbonyl (C=O) groups excluding carboxylic acids is 1. The molecule has 6 rings (SSSR count). The van der Waals surface area contributed by atoms with Crippen LogP contribution in [-0.4, -0.2) is 33.7 Å². The average Bonchev–Trinajstić information content (AvgIpc) is 3.46. The van der Waals surface area contributed by atoms with Gasteiger partial charge in [0.25, 0.3) is 5.69 Å². The molecule has 0 bridgehead atoms. The first-order chi connectivity index (χ1) is 17.2. The van der Waals surface area contributed by atoms with E-state index in [9.17, 15) is 20.0 Å². The molecule has 0 aromatic heterocycles. The van der Waals surface area contributed by atoms with Crippen molar-refractivity contribution in [1.82, 2.24) is 0 Å². The first kappa shape index (κ1) is 23.8.